The number of ether oxygens (including phenoxy) is 1. The molecular weight excluding hydrogens is 342 g/mol. The molecule has 4 rings (SSSR count). The van der Waals surface area contributed by atoms with Gasteiger partial charge in [-0.25, -0.2) is 0 Å². The summed E-state index contributed by atoms with van der Waals surface area (Å²) in [5.74, 6) is 0. The molecule has 0 bridgehead atoms. The summed E-state index contributed by atoms with van der Waals surface area (Å²) in [6.45, 7) is 2.04. The summed E-state index contributed by atoms with van der Waals surface area (Å²) in [6.07, 6.45) is 2.66. The maximum absolute atomic E-state index is 11.0. The number of hydrogen-bond acceptors (Lipinski definition) is 5. The van der Waals surface area contributed by atoms with Crippen molar-refractivity contribution in [3.8, 4) is 0 Å². The molecular formula is C21H25N3O3. The Balaban J connectivity index is 1.63. The van der Waals surface area contributed by atoms with Gasteiger partial charge < -0.3 is 9.64 Å². The maximum atomic E-state index is 11.0. The molecule has 27 heavy (non-hydrogen) atoms. The van der Waals surface area contributed by atoms with Crippen LogP contribution in [0.1, 0.15) is 42.7 Å². The Labute approximate surface area is 159 Å². The minimum Gasteiger partial charge on any atom is -0.352 e. The van der Waals surface area contributed by atoms with Gasteiger partial charge in [-0.1, -0.05) is 30.3 Å². The molecule has 2 atom stereocenters. The van der Waals surface area contributed by atoms with E-state index in [1.54, 1.807) is 24.3 Å². The molecule has 1 N–H and O–H groups in total. The fourth-order valence-electron chi connectivity index (χ4n) is 4.13. The van der Waals surface area contributed by atoms with Crippen LogP contribution in [0.2, 0.25) is 0 Å². The molecule has 2 saturated heterocycles. The van der Waals surface area contributed by atoms with E-state index in [0.717, 1.165) is 37.9 Å². The van der Waals surface area contributed by atoms with Crippen molar-refractivity contribution in [2.24, 2.45) is 0 Å². The Hall–Kier alpha value is -2.28. The maximum Gasteiger partial charge on any atom is 0.269 e. The molecule has 2 aromatic rings. The number of nitrogens with one attached hydrogen (secondary N) is 1. The first-order chi connectivity index (χ1) is 13.0. The van der Waals surface area contributed by atoms with Crippen molar-refractivity contribution in [1.29, 1.82) is 0 Å². The Morgan fingerprint density at radius 1 is 1.07 bits per heavy atom. The lowest BCUT2D eigenvalue weighted by molar-refractivity contribution is -0.384. The smallest absolute Gasteiger partial charge is 0.269 e. The standard InChI is InChI=1S/C21H25N3O3/c1-23-13-11-21(12-14-23)15-19(16-5-3-2-4-6-16)22-20(27-21)17-7-9-18(10-8-17)24(25)26/h2-10,19-20,22H,11-15H2,1H3/t19-,20+/m1/s1. The highest BCUT2D eigenvalue weighted by atomic mass is 16.6. The van der Waals surface area contributed by atoms with Crippen LogP contribution in [0.5, 0.6) is 0 Å². The van der Waals surface area contributed by atoms with Crippen molar-refractivity contribution in [2.45, 2.75) is 37.1 Å². The van der Waals surface area contributed by atoms with Gasteiger partial charge in [-0.3, -0.25) is 15.4 Å². The van der Waals surface area contributed by atoms with Crippen LogP contribution in [0, 0.1) is 10.1 Å². The number of piperidine rings is 1. The van der Waals surface area contributed by atoms with Crippen LogP contribution in [-0.4, -0.2) is 35.6 Å². The molecule has 0 aromatic heterocycles. The van der Waals surface area contributed by atoms with E-state index < -0.39 is 0 Å². The summed E-state index contributed by atoms with van der Waals surface area (Å²) in [5.41, 5.74) is 2.12. The van der Waals surface area contributed by atoms with E-state index in [2.05, 4.69) is 41.5 Å². The highest BCUT2D eigenvalue weighted by molar-refractivity contribution is 5.34. The van der Waals surface area contributed by atoms with E-state index in [4.69, 9.17) is 4.74 Å². The normalized spacial score (nSPS) is 25.4. The van der Waals surface area contributed by atoms with Gasteiger partial charge in [0.15, 0.2) is 0 Å². The van der Waals surface area contributed by atoms with Gasteiger partial charge in [0.2, 0.25) is 0 Å². The Morgan fingerprint density at radius 2 is 1.74 bits per heavy atom. The first kappa shape index (κ1) is 18.1. The second kappa shape index (κ2) is 7.38. The van der Waals surface area contributed by atoms with Crippen LogP contribution < -0.4 is 5.32 Å². The van der Waals surface area contributed by atoms with Crippen LogP contribution in [0.15, 0.2) is 54.6 Å². The molecule has 2 heterocycles. The lowest BCUT2D eigenvalue weighted by Gasteiger charge is -2.49. The molecule has 2 aliphatic rings. The second-order valence-electron chi connectivity index (χ2n) is 7.67. The summed E-state index contributed by atoms with van der Waals surface area (Å²) in [4.78, 5) is 12.9. The van der Waals surface area contributed by atoms with E-state index >= 15 is 0 Å². The molecule has 142 valence electrons. The van der Waals surface area contributed by atoms with Gasteiger partial charge >= 0.3 is 0 Å². The van der Waals surface area contributed by atoms with Crippen LogP contribution in [0.3, 0.4) is 0 Å². The zero-order valence-electron chi connectivity index (χ0n) is 15.5. The number of nitrogens with zero attached hydrogens (tertiary/aromatic N) is 2. The highest BCUT2D eigenvalue weighted by Gasteiger charge is 2.43. The SMILES string of the molecule is CN1CCC2(CC1)C[C@H](c1ccccc1)N[C@H](c1ccc([N+](=O)[O-])cc1)O2. The first-order valence-electron chi connectivity index (χ1n) is 9.46. The molecule has 0 aliphatic carbocycles. The van der Waals surface area contributed by atoms with Crippen molar-refractivity contribution in [1.82, 2.24) is 10.2 Å². The molecule has 0 radical (unpaired) electrons. The van der Waals surface area contributed by atoms with Crippen LogP contribution in [0.25, 0.3) is 0 Å². The number of hydrogen-bond donors (Lipinski definition) is 1. The quantitative estimate of drug-likeness (QED) is 0.660. The van der Waals surface area contributed by atoms with Crippen LogP contribution in [-0.2, 0) is 4.74 Å². The summed E-state index contributed by atoms with van der Waals surface area (Å²) in [7, 11) is 2.15. The number of nitro benzene ring substituents is 1. The van der Waals surface area contributed by atoms with Gasteiger partial charge in [0.25, 0.3) is 5.69 Å². The van der Waals surface area contributed by atoms with Crippen LogP contribution in [0.4, 0.5) is 5.69 Å². The van der Waals surface area contributed by atoms with E-state index in [9.17, 15) is 10.1 Å². The number of benzene rings is 2. The van der Waals surface area contributed by atoms with E-state index in [0.29, 0.717) is 0 Å². The minimum atomic E-state index is -0.371. The predicted molar refractivity (Wildman–Crippen MR) is 103 cm³/mol. The highest BCUT2D eigenvalue weighted by Crippen LogP contribution is 2.43. The topological polar surface area (TPSA) is 67.6 Å². The fraction of sp³-hybridized carbons (Fsp3) is 0.429. The Kier molecular flexibility index (Phi) is 4.95. The van der Waals surface area contributed by atoms with Crippen molar-refractivity contribution < 1.29 is 9.66 Å². The largest absolute Gasteiger partial charge is 0.352 e. The van der Waals surface area contributed by atoms with Gasteiger partial charge in [0, 0.05) is 31.3 Å². The average molecular weight is 367 g/mol. The summed E-state index contributed by atoms with van der Waals surface area (Å²) in [5, 5.41) is 14.6. The third kappa shape index (κ3) is 3.88. The summed E-state index contributed by atoms with van der Waals surface area (Å²) in [6, 6.07) is 17.4. The van der Waals surface area contributed by atoms with E-state index in [1.807, 2.05) is 6.07 Å². The second-order valence-corrected chi connectivity index (χ2v) is 7.67. The molecule has 0 saturated carbocycles. The number of nitro groups is 1. The number of rotatable bonds is 3. The molecule has 2 aliphatic heterocycles. The van der Waals surface area contributed by atoms with Gasteiger partial charge in [-0.05, 0) is 49.6 Å². The fourth-order valence-corrected chi connectivity index (χ4v) is 4.13. The summed E-state index contributed by atoms with van der Waals surface area (Å²) < 4.78 is 6.59. The zero-order valence-corrected chi connectivity index (χ0v) is 15.5. The lowest BCUT2D eigenvalue weighted by atomic mass is 9.81. The lowest BCUT2D eigenvalue weighted by Crippen LogP contribution is -2.53. The van der Waals surface area contributed by atoms with Crippen molar-refractivity contribution in [2.75, 3.05) is 20.1 Å². The Bertz CT molecular complexity index is 786. The van der Waals surface area contributed by atoms with Crippen molar-refractivity contribution >= 4 is 5.69 Å². The molecule has 1 spiro atoms. The number of likely N-dealkylation sites (tertiary alicyclic amines) is 1. The predicted octanol–water partition coefficient (Wildman–Crippen LogP) is 3.81. The number of non-ortho nitro benzene ring substituents is 1. The molecule has 2 fully saturated rings. The van der Waals surface area contributed by atoms with Crippen molar-refractivity contribution in [3.05, 3.63) is 75.8 Å². The third-order valence-corrected chi connectivity index (χ3v) is 5.80. The average Bonchev–Trinajstić information content (AvgIpc) is 2.71. The molecule has 6 heteroatoms. The van der Waals surface area contributed by atoms with E-state index in [1.165, 1.54) is 5.56 Å². The molecule has 6 nitrogen and oxygen atoms in total. The summed E-state index contributed by atoms with van der Waals surface area (Å²) >= 11 is 0. The van der Waals surface area contributed by atoms with Gasteiger partial charge in [-0.2, -0.15) is 0 Å². The van der Waals surface area contributed by atoms with Gasteiger partial charge in [-0.15, -0.1) is 0 Å². The minimum absolute atomic E-state index is 0.100. The monoisotopic (exact) mass is 367 g/mol. The zero-order chi connectivity index (χ0) is 18.9. The van der Waals surface area contributed by atoms with Gasteiger partial charge in [0.05, 0.1) is 10.5 Å². The van der Waals surface area contributed by atoms with Gasteiger partial charge in [0.1, 0.15) is 6.23 Å². The first-order valence-corrected chi connectivity index (χ1v) is 9.46. The molecule has 0 unspecified atom stereocenters. The molecule has 2 aromatic carbocycles. The van der Waals surface area contributed by atoms with E-state index in [-0.39, 0.29) is 28.5 Å². The molecule has 0 amide bonds. The van der Waals surface area contributed by atoms with Crippen LogP contribution >= 0.6 is 0 Å². The van der Waals surface area contributed by atoms with Crippen molar-refractivity contribution in [3.63, 3.8) is 0 Å². The third-order valence-electron chi connectivity index (χ3n) is 5.80. The Morgan fingerprint density at radius 3 is 2.37 bits per heavy atom.